The molecule has 0 aliphatic carbocycles. The van der Waals surface area contributed by atoms with E-state index in [-0.39, 0.29) is 17.3 Å². The molecule has 2 rings (SSSR count). The fraction of sp³-hybridized carbons (Fsp3) is 0.0769. The summed E-state index contributed by atoms with van der Waals surface area (Å²) in [7, 11) is 1.14. The van der Waals surface area contributed by atoms with Crippen LogP contribution in [0.5, 0.6) is 5.95 Å². The van der Waals surface area contributed by atoms with Crippen LogP contribution in [0.2, 0.25) is 0 Å². The molecule has 0 unspecified atom stereocenters. The van der Waals surface area contributed by atoms with Crippen LogP contribution in [-0.4, -0.2) is 19.0 Å². The molecule has 0 N–H and O–H groups in total. The van der Waals surface area contributed by atoms with Crippen molar-refractivity contribution >= 4 is 11.9 Å². The predicted octanol–water partition coefficient (Wildman–Crippen LogP) is 2.79. The minimum atomic E-state index is -0.973. The number of hydrogen-bond donors (Lipinski definition) is 0. The Balaban J connectivity index is 2.21. The van der Waals surface area contributed by atoms with E-state index in [0.29, 0.717) is 0 Å². The Bertz CT molecular complexity index is 617. The zero-order chi connectivity index (χ0) is 13.8. The van der Waals surface area contributed by atoms with Crippen molar-refractivity contribution < 1.29 is 27.9 Å². The smallest absolute Gasteiger partial charge is 0.437 e. The number of hydrogen-bond acceptors (Lipinski definition) is 5. The Kier molecular flexibility index (Phi) is 3.61. The summed E-state index contributed by atoms with van der Waals surface area (Å²) in [5, 5.41) is 0. The van der Waals surface area contributed by atoms with Gasteiger partial charge in [0.15, 0.2) is 5.76 Å². The van der Waals surface area contributed by atoms with Crippen molar-refractivity contribution in [3.05, 3.63) is 53.5 Å². The lowest BCUT2D eigenvalue weighted by molar-refractivity contribution is 0.0969. The van der Waals surface area contributed by atoms with E-state index >= 15 is 0 Å². The van der Waals surface area contributed by atoms with Gasteiger partial charge in [0.1, 0.15) is 5.82 Å². The average Bonchev–Trinajstić information content (AvgIpc) is 2.87. The highest BCUT2D eigenvalue weighted by atomic mass is 19.1. The van der Waals surface area contributed by atoms with Gasteiger partial charge in [0.25, 0.3) is 5.95 Å². The SMILES string of the molecule is COC(=O)Oc1ccc(C(=O)c2ccccc2F)o1. The first kappa shape index (κ1) is 12.8. The molecule has 5 nitrogen and oxygen atoms in total. The molecule has 98 valence electrons. The molecule has 2 aromatic rings. The van der Waals surface area contributed by atoms with Crippen molar-refractivity contribution in [1.82, 2.24) is 0 Å². The zero-order valence-corrected chi connectivity index (χ0v) is 9.88. The quantitative estimate of drug-likeness (QED) is 0.630. The molecular formula is C13H9FO5. The Hall–Kier alpha value is -2.63. The number of halogens is 1. The van der Waals surface area contributed by atoms with Gasteiger partial charge in [-0.05, 0) is 18.2 Å². The Morgan fingerprint density at radius 2 is 1.89 bits per heavy atom. The summed E-state index contributed by atoms with van der Waals surface area (Å²) in [6.45, 7) is 0. The zero-order valence-electron chi connectivity index (χ0n) is 9.88. The number of ketones is 1. The largest absolute Gasteiger partial charge is 0.516 e. The molecule has 0 saturated heterocycles. The summed E-state index contributed by atoms with van der Waals surface area (Å²) in [5.41, 5.74) is -0.124. The number of carbonyl (C=O) groups is 2. The Morgan fingerprint density at radius 3 is 2.58 bits per heavy atom. The second-order valence-corrected chi connectivity index (χ2v) is 3.48. The van der Waals surface area contributed by atoms with Crippen LogP contribution < -0.4 is 4.74 Å². The van der Waals surface area contributed by atoms with Gasteiger partial charge in [0.2, 0.25) is 5.78 Å². The van der Waals surface area contributed by atoms with Crippen LogP contribution in [0.1, 0.15) is 16.1 Å². The van der Waals surface area contributed by atoms with Crippen molar-refractivity contribution in [3.8, 4) is 5.95 Å². The number of carbonyl (C=O) groups excluding carboxylic acids is 2. The molecule has 1 aromatic heterocycles. The third-order valence-corrected chi connectivity index (χ3v) is 2.27. The number of ether oxygens (including phenoxy) is 2. The summed E-state index contributed by atoms with van der Waals surface area (Å²) in [5.74, 6) is -1.63. The molecule has 0 bridgehead atoms. The topological polar surface area (TPSA) is 65.7 Å². The summed E-state index contributed by atoms with van der Waals surface area (Å²) in [6.07, 6.45) is -0.973. The number of benzene rings is 1. The maximum absolute atomic E-state index is 13.4. The van der Waals surface area contributed by atoms with E-state index in [1.165, 1.54) is 36.4 Å². The van der Waals surface area contributed by atoms with Crippen LogP contribution in [0.25, 0.3) is 0 Å². The van der Waals surface area contributed by atoms with Gasteiger partial charge < -0.3 is 13.9 Å². The first-order chi connectivity index (χ1) is 9.11. The molecule has 1 aromatic carbocycles. The number of furan rings is 1. The maximum atomic E-state index is 13.4. The summed E-state index contributed by atoms with van der Waals surface area (Å²) in [4.78, 5) is 22.8. The van der Waals surface area contributed by atoms with Gasteiger partial charge in [-0.25, -0.2) is 9.18 Å². The molecule has 1 heterocycles. The third-order valence-electron chi connectivity index (χ3n) is 2.27. The van der Waals surface area contributed by atoms with Crippen LogP contribution >= 0.6 is 0 Å². The van der Waals surface area contributed by atoms with Crippen LogP contribution in [0, 0.1) is 5.82 Å². The van der Waals surface area contributed by atoms with Gasteiger partial charge in [-0.15, -0.1) is 0 Å². The van der Waals surface area contributed by atoms with E-state index in [4.69, 9.17) is 4.42 Å². The fourth-order valence-electron chi connectivity index (χ4n) is 1.40. The Morgan fingerprint density at radius 1 is 1.16 bits per heavy atom. The standard InChI is InChI=1S/C13H9FO5/c1-17-13(16)19-11-7-6-10(18-11)12(15)8-4-2-3-5-9(8)14/h2-7H,1H3. The van der Waals surface area contributed by atoms with Crippen molar-refractivity contribution in [3.63, 3.8) is 0 Å². The molecule has 0 amide bonds. The van der Waals surface area contributed by atoms with Gasteiger partial charge in [-0.3, -0.25) is 4.79 Å². The van der Waals surface area contributed by atoms with Crippen LogP contribution in [0.15, 0.2) is 40.8 Å². The van der Waals surface area contributed by atoms with E-state index in [9.17, 15) is 14.0 Å². The molecule has 0 atom stereocenters. The Labute approximate surface area is 107 Å². The minimum absolute atomic E-state index is 0.124. The van der Waals surface area contributed by atoms with Crippen molar-refractivity contribution in [2.24, 2.45) is 0 Å². The summed E-state index contributed by atoms with van der Waals surface area (Å²) >= 11 is 0. The third kappa shape index (κ3) is 2.79. The molecule has 0 radical (unpaired) electrons. The molecule has 0 saturated carbocycles. The molecule has 6 heteroatoms. The van der Waals surface area contributed by atoms with Gasteiger partial charge in [0, 0.05) is 6.07 Å². The van der Waals surface area contributed by atoms with Crippen LogP contribution in [0.3, 0.4) is 0 Å². The van der Waals surface area contributed by atoms with Crippen molar-refractivity contribution in [2.45, 2.75) is 0 Å². The second-order valence-electron chi connectivity index (χ2n) is 3.48. The van der Waals surface area contributed by atoms with Crippen LogP contribution in [-0.2, 0) is 4.74 Å². The summed E-state index contributed by atoms with van der Waals surface area (Å²) in [6, 6.07) is 8.06. The monoisotopic (exact) mass is 264 g/mol. The molecule has 0 spiro atoms. The van der Waals surface area contributed by atoms with E-state index in [0.717, 1.165) is 7.11 Å². The van der Waals surface area contributed by atoms with Gasteiger partial charge in [-0.1, -0.05) is 12.1 Å². The first-order valence-corrected chi connectivity index (χ1v) is 5.26. The van der Waals surface area contributed by atoms with E-state index in [1.54, 1.807) is 0 Å². The molecule has 0 aliphatic rings. The molecule has 19 heavy (non-hydrogen) atoms. The van der Waals surface area contributed by atoms with Crippen molar-refractivity contribution in [1.29, 1.82) is 0 Å². The fourth-order valence-corrected chi connectivity index (χ4v) is 1.40. The molecule has 0 fully saturated rings. The van der Waals surface area contributed by atoms with Gasteiger partial charge >= 0.3 is 6.16 Å². The predicted molar refractivity (Wildman–Crippen MR) is 61.6 cm³/mol. The van der Waals surface area contributed by atoms with E-state index in [1.807, 2.05) is 0 Å². The second kappa shape index (κ2) is 5.34. The maximum Gasteiger partial charge on any atom is 0.516 e. The normalized spacial score (nSPS) is 10.0. The van der Waals surface area contributed by atoms with E-state index in [2.05, 4.69) is 9.47 Å². The summed E-state index contributed by atoms with van der Waals surface area (Å²) < 4.78 is 27.3. The lowest BCUT2D eigenvalue weighted by Crippen LogP contribution is -2.06. The average molecular weight is 264 g/mol. The molecule has 0 aliphatic heterocycles. The number of methoxy groups -OCH3 is 1. The highest BCUT2D eigenvalue weighted by Crippen LogP contribution is 2.20. The number of rotatable bonds is 3. The highest BCUT2D eigenvalue weighted by Gasteiger charge is 2.18. The molecular weight excluding hydrogens is 255 g/mol. The lowest BCUT2D eigenvalue weighted by atomic mass is 10.1. The van der Waals surface area contributed by atoms with Crippen molar-refractivity contribution in [2.75, 3.05) is 7.11 Å². The highest BCUT2D eigenvalue weighted by molar-refractivity contribution is 6.07. The first-order valence-electron chi connectivity index (χ1n) is 5.26. The van der Waals surface area contributed by atoms with Gasteiger partial charge in [-0.2, -0.15) is 0 Å². The van der Waals surface area contributed by atoms with Gasteiger partial charge in [0.05, 0.1) is 12.7 Å². The minimum Gasteiger partial charge on any atom is -0.437 e. The van der Waals surface area contributed by atoms with E-state index < -0.39 is 17.8 Å². The van der Waals surface area contributed by atoms with Crippen LogP contribution in [0.4, 0.5) is 9.18 Å². The lowest BCUT2D eigenvalue weighted by Gasteiger charge is -1.99.